The number of carboxylic acid groups (broad SMARTS) is 1. The highest BCUT2D eigenvalue weighted by atomic mass is 16.6. The third kappa shape index (κ3) is 8.76. The van der Waals surface area contributed by atoms with Crippen LogP contribution in [0.3, 0.4) is 0 Å². The zero-order valence-electron chi connectivity index (χ0n) is 21.1. The number of hydrogen-bond acceptors (Lipinski definition) is 6. The van der Waals surface area contributed by atoms with E-state index in [1.807, 2.05) is 43.3 Å². The van der Waals surface area contributed by atoms with Crippen molar-refractivity contribution in [1.29, 1.82) is 0 Å². The summed E-state index contributed by atoms with van der Waals surface area (Å²) >= 11 is 0. The maximum Gasteiger partial charge on any atom is 0.407 e. The van der Waals surface area contributed by atoms with Gasteiger partial charge < -0.3 is 24.3 Å². The van der Waals surface area contributed by atoms with Crippen molar-refractivity contribution >= 4 is 12.1 Å². The van der Waals surface area contributed by atoms with E-state index < -0.39 is 12.1 Å². The molecule has 0 bridgehead atoms. The van der Waals surface area contributed by atoms with Gasteiger partial charge in [-0.25, -0.2) is 9.78 Å². The molecular weight excluding hydrogens is 460 g/mol. The van der Waals surface area contributed by atoms with E-state index in [1.54, 1.807) is 13.8 Å². The van der Waals surface area contributed by atoms with Crippen LogP contribution in [0.15, 0.2) is 52.9 Å². The van der Waals surface area contributed by atoms with E-state index in [0.717, 1.165) is 41.3 Å². The molecule has 0 saturated heterocycles. The van der Waals surface area contributed by atoms with Gasteiger partial charge in [0.05, 0.1) is 18.4 Å². The van der Waals surface area contributed by atoms with Gasteiger partial charge in [0, 0.05) is 25.8 Å². The SMILES string of the molecule is Cc1oc(CCc2ccccc2)nc1CCOc1ccc(CCC(=O)O)c(CNC(=O)OC(C)C)c1. The Morgan fingerprint density at radius 2 is 1.81 bits per heavy atom. The molecule has 2 aromatic carbocycles. The maximum absolute atomic E-state index is 11.9. The third-order valence-corrected chi connectivity index (χ3v) is 5.57. The van der Waals surface area contributed by atoms with Crippen molar-refractivity contribution < 1.29 is 28.6 Å². The lowest BCUT2D eigenvalue weighted by Gasteiger charge is -2.14. The Labute approximate surface area is 211 Å². The second kappa shape index (κ2) is 13.3. The summed E-state index contributed by atoms with van der Waals surface area (Å²) in [5.41, 5.74) is 3.74. The molecule has 1 heterocycles. The molecule has 0 aliphatic heterocycles. The van der Waals surface area contributed by atoms with Gasteiger partial charge in [0.25, 0.3) is 0 Å². The molecule has 0 radical (unpaired) electrons. The van der Waals surface area contributed by atoms with Gasteiger partial charge in [0.15, 0.2) is 5.89 Å². The van der Waals surface area contributed by atoms with Crippen LogP contribution >= 0.6 is 0 Å². The molecule has 0 aliphatic carbocycles. The number of carboxylic acids is 1. The van der Waals surface area contributed by atoms with E-state index in [2.05, 4.69) is 22.4 Å². The van der Waals surface area contributed by atoms with Crippen LogP contribution in [0.4, 0.5) is 4.79 Å². The fraction of sp³-hybridized carbons (Fsp3) is 0.393. The number of alkyl carbamates (subject to hydrolysis) is 1. The van der Waals surface area contributed by atoms with E-state index in [9.17, 15) is 9.59 Å². The second-order valence-corrected chi connectivity index (χ2v) is 8.83. The summed E-state index contributed by atoms with van der Waals surface area (Å²) in [6.45, 7) is 6.07. The standard InChI is InChI=1S/C28H34N2O6/c1-19(2)35-28(33)29-18-23-17-24(12-10-22(23)11-14-27(31)32)34-16-15-25-20(3)36-26(30-25)13-9-21-7-5-4-6-8-21/h4-8,10,12,17,19H,9,11,13-16,18H2,1-3H3,(H,29,33)(H,31,32). The summed E-state index contributed by atoms with van der Waals surface area (Å²) in [5.74, 6) is 1.27. The smallest absolute Gasteiger partial charge is 0.407 e. The summed E-state index contributed by atoms with van der Waals surface area (Å²) in [4.78, 5) is 27.6. The molecule has 0 unspecified atom stereocenters. The van der Waals surface area contributed by atoms with Crippen LogP contribution in [0.5, 0.6) is 5.75 Å². The number of nitrogens with one attached hydrogen (secondary N) is 1. The monoisotopic (exact) mass is 494 g/mol. The lowest BCUT2D eigenvalue weighted by atomic mass is 10.0. The fourth-order valence-electron chi connectivity index (χ4n) is 3.75. The molecule has 8 nitrogen and oxygen atoms in total. The summed E-state index contributed by atoms with van der Waals surface area (Å²) in [6.07, 6.45) is 1.80. The molecule has 0 aliphatic rings. The quantitative estimate of drug-likeness (QED) is 0.342. The molecule has 8 heteroatoms. The van der Waals surface area contributed by atoms with Gasteiger partial charge in [0.1, 0.15) is 11.5 Å². The predicted octanol–water partition coefficient (Wildman–Crippen LogP) is 5.04. The molecule has 36 heavy (non-hydrogen) atoms. The van der Waals surface area contributed by atoms with E-state index in [4.69, 9.17) is 19.0 Å². The van der Waals surface area contributed by atoms with Crippen LogP contribution in [0.1, 0.15) is 54.3 Å². The lowest BCUT2D eigenvalue weighted by molar-refractivity contribution is -0.136. The summed E-state index contributed by atoms with van der Waals surface area (Å²) in [6, 6.07) is 15.7. The molecule has 1 aromatic heterocycles. The minimum absolute atomic E-state index is 0.00167. The number of rotatable bonds is 13. The second-order valence-electron chi connectivity index (χ2n) is 8.83. The third-order valence-electron chi connectivity index (χ3n) is 5.57. The highest BCUT2D eigenvalue weighted by molar-refractivity contribution is 5.68. The van der Waals surface area contributed by atoms with Crippen LogP contribution in [-0.4, -0.2) is 34.9 Å². The predicted molar refractivity (Wildman–Crippen MR) is 135 cm³/mol. The maximum atomic E-state index is 11.9. The Kier molecular flexibility index (Phi) is 9.92. The zero-order valence-corrected chi connectivity index (χ0v) is 21.1. The number of carbonyl (C=O) groups excluding carboxylic acids is 1. The number of oxazole rings is 1. The topological polar surface area (TPSA) is 111 Å². The van der Waals surface area contributed by atoms with Gasteiger partial charge in [-0.15, -0.1) is 0 Å². The van der Waals surface area contributed by atoms with Crippen LogP contribution in [0.25, 0.3) is 0 Å². The van der Waals surface area contributed by atoms with E-state index in [0.29, 0.717) is 25.2 Å². The average molecular weight is 495 g/mol. The molecule has 0 fully saturated rings. The average Bonchev–Trinajstić information content (AvgIpc) is 3.20. The number of benzene rings is 2. The summed E-state index contributed by atoms with van der Waals surface area (Å²) < 4.78 is 16.9. The van der Waals surface area contributed by atoms with Gasteiger partial charge in [-0.1, -0.05) is 36.4 Å². The van der Waals surface area contributed by atoms with Gasteiger partial charge in [-0.2, -0.15) is 0 Å². The Bertz CT molecular complexity index is 1140. The van der Waals surface area contributed by atoms with Crippen molar-refractivity contribution in [3.8, 4) is 5.75 Å². The number of aryl methyl sites for hydroxylation is 4. The highest BCUT2D eigenvalue weighted by Crippen LogP contribution is 2.21. The molecule has 0 saturated carbocycles. The number of aliphatic carboxylic acids is 1. The molecule has 0 spiro atoms. The first kappa shape index (κ1) is 26.8. The minimum atomic E-state index is -0.875. The fourth-order valence-corrected chi connectivity index (χ4v) is 3.75. The number of ether oxygens (including phenoxy) is 2. The largest absolute Gasteiger partial charge is 0.493 e. The van der Waals surface area contributed by atoms with Crippen LogP contribution in [0.2, 0.25) is 0 Å². The Morgan fingerprint density at radius 1 is 1.03 bits per heavy atom. The molecule has 2 N–H and O–H groups in total. The van der Waals surface area contributed by atoms with Crippen molar-refractivity contribution in [2.24, 2.45) is 0 Å². The normalized spacial score (nSPS) is 10.9. The highest BCUT2D eigenvalue weighted by Gasteiger charge is 2.12. The Morgan fingerprint density at radius 3 is 2.53 bits per heavy atom. The Balaban J connectivity index is 1.57. The van der Waals surface area contributed by atoms with E-state index >= 15 is 0 Å². The van der Waals surface area contributed by atoms with Gasteiger partial charge in [-0.05, 0) is 62.4 Å². The first-order chi connectivity index (χ1) is 17.3. The summed E-state index contributed by atoms with van der Waals surface area (Å²) in [5, 5.41) is 11.8. The molecule has 192 valence electrons. The number of nitrogens with zero attached hydrogens (tertiary/aromatic N) is 1. The van der Waals surface area contributed by atoms with Gasteiger partial charge >= 0.3 is 12.1 Å². The number of hydrogen-bond donors (Lipinski definition) is 2. The summed E-state index contributed by atoms with van der Waals surface area (Å²) in [7, 11) is 0. The molecule has 3 aromatic rings. The van der Waals surface area contributed by atoms with Crippen LogP contribution in [-0.2, 0) is 41.8 Å². The van der Waals surface area contributed by atoms with Crippen molar-refractivity contribution in [3.63, 3.8) is 0 Å². The molecular formula is C28H34N2O6. The lowest BCUT2D eigenvalue weighted by Crippen LogP contribution is -2.26. The molecule has 0 atom stereocenters. The molecule has 1 amide bonds. The molecule has 3 rings (SSSR count). The first-order valence-electron chi connectivity index (χ1n) is 12.2. The first-order valence-corrected chi connectivity index (χ1v) is 12.2. The Hall–Kier alpha value is -3.81. The number of amides is 1. The van der Waals surface area contributed by atoms with Crippen molar-refractivity contribution in [3.05, 3.63) is 82.6 Å². The van der Waals surface area contributed by atoms with Gasteiger partial charge in [0.2, 0.25) is 0 Å². The van der Waals surface area contributed by atoms with Crippen LogP contribution < -0.4 is 10.1 Å². The minimum Gasteiger partial charge on any atom is -0.493 e. The van der Waals surface area contributed by atoms with E-state index in [-0.39, 0.29) is 19.1 Å². The zero-order chi connectivity index (χ0) is 25.9. The number of aromatic nitrogens is 1. The van der Waals surface area contributed by atoms with Crippen LogP contribution in [0, 0.1) is 6.92 Å². The van der Waals surface area contributed by atoms with Gasteiger partial charge in [-0.3, -0.25) is 4.79 Å². The number of carbonyl (C=O) groups is 2. The van der Waals surface area contributed by atoms with Crippen molar-refractivity contribution in [2.75, 3.05) is 6.61 Å². The van der Waals surface area contributed by atoms with Crippen molar-refractivity contribution in [1.82, 2.24) is 10.3 Å². The van der Waals surface area contributed by atoms with Crippen molar-refractivity contribution in [2.45, 2.75) is 65.5 Å². The van der Waals surface area contributed by atoms with E-state index in [1.165, 1.54) is 5.56 Å².